The average molecular weight is 529 g/mol. The minimum Gasteiger partial charge on any atom is -0.497 e. The van der Waals surface area contributed by atoms with Gasteiger partial charge in [-0.05, 0) is 54.7 Å². The van der Waals surface area contributed by atoms with Crippen molar-refractivity contribution in [1.29, 1.82) is 0 Å². The largest absolute Gasteiger partial charge is 0.497 e. The Morgan fingerprint density at radius 1 is 0.872 bits per heavy atom. The van der Waals surface area contributed by atoms with Crippen LogP contribution in [-0.2, 0) is 22.6 Å². The summed E-state index contributed by atoms with van der Waals surface area (Å²) in [5.41, 5.74) is 1.95. The van der Waals surface area contributed by atoms with E-state index in [-0.39, 0.29) is 17.9 Å². The Morgan fingerprint density at radius 3 is 2.26 bits per heavy atom. The predicted octanol–water partition coefficient (Wildman–Crippen LogP) is 5.94. The van der Waals surface area contributed by atoms with E-state index in [0.717, 1.165) is 48.3 Å². The van der Waals surface area contributed by atoms with Crippen LogP contribution in [0.1, 0.15) is 56.1 Å². The highest BCUT2D eigenvalue weighted by Gasteiger charge is 2.31. The number of carbonyl (C=O) groups excluding carboxylic acids is 2. The molecule has 1 saturated carbocycles. The minimum atomic E-state index is -0.622. The Morgan fingerprint density at radius 2 is 1.54 bits per heavy atom. The molecule has 6 nitrogen and oxygen atoms in total. The molecule has 3 aromatic rings. The molecule has 2 amide bonds. The summed E-state index contributed by atoms with van der Waals surface area (Å²) in [6.45, 7) is 0.755. The molecule has 206 valence electrons. The lowest BCUT2D eigenvalue weighted by molar-refractivity contribution is -0.141. The number of benzene rings is 3. The van der Waals surface area contributed by atoms with Crippen LogP contribution in [0.15, 0.2) is 84.9 Å². The molecular weight excluding hydrogens is 488 g/mol. The molecule has 3 aromatic carbocycles. The molecule has 1 unspecified atom stereocenters. The Balaban J connectivity index is 1.54. The van der Waals surface area contributed by atoms with Crippen molar-refractivity contribution >= 4 is 11.8 Å². The molecule has 1 aliphatic carbocycles. The fraction of sp³-hybridized carbons (Fsp3) is 0.394. The summed E-state index contributed by atoms with van der Waals surface area (Å²) in [7, 11) is 1.63. The fourth-order valence-corrected chi connectivity index (χ4v) is 5.14. The second kappa shape index (κ2) is 15.0. The van der Waals surface area contributed by atoms with Gasteiger partial charge in [0.15, 0.2) is 0 Å². The van der Waals surface area contributed by atoms with Crippen molar-refractivity contribution in [2.75, 3.05) is 13.7 Å². The maximum Gasteiger partial charge on any atom is 0.243 e. The van der Waals surface area contributed by atoms with Crippen LogP contribution in [0.3, 0.4) is 0 Å². The first-order valence-electron chi connectivity index (χ1n) is 14.1. The van der Waals surface area contributed by atoms with Gasteiger partial charge in [0, 0.05) is 25.4 Å². The third-order valence-electron chi connectivity index (χ3n) is 7.26. The Hall–Kier alpha value is -3.80. The Bertz CT molecular complexity index is 1160. The van der Waals surface area contributed by atoms with Crippen molar-refractivity contribution < 1.29 is 19.1 Å². The first-order chi connectivity index (χ1) is 19.1. The van der Waals surface area contributed by atoms with E-state index >= 15 is 0 Å². The number of amides is 2. The van der Waals surface area contributed by atoms with E-state index in [0.29, 0.717) is 32.4 Å². The van der Waals surface area contributed by atoms with Crippen LogP contribution >= 0.6 is 0 Å². The lowest BCUT2D eigenvalue weighted by atomic mass is 9.94. The number of ether oxygens (including phenoxy) is 2. The van der Waals surface area contributed by atoms with E-state index in [4.69, 9.17) is 9.47 Å². The van der Waals surface area contributed by atoms with Gasteiger partial charge in [-0.2, -0.15) is 0 Å². The molecule has 4 rings (SSSR count). The Labute approximate surface area is 232 Å². The van der Waals surface area contributed by atoms with Gasteiger partial charge in [-0.3, -0.25) is 9.59 Å². The normalized spacial score (nSPS) is 14.3. The fourth-order valence-electron chi connectivity index (χ4n) is 5.14. The molecule has 0 spiro atoms. The van der Waals surface area contributed by atoms with Crippen molar-refractivity contribution in [3.63, 3.8) is 0 Å². The first-order valence-corrected chi connectivity index (χ1v) is 14.1. The van der Waals surface area contributed by atoms with Crippen LogP contribution in [-0.4, -0.2) is 42.5 Å². The summed E-state index contributed by atoms with van der Waals surface area (Å²) in [4.78, 5) is 29.4. The molecule has 0 saturated heterocycles. The summed E-state index contributed by atoms with van der Waals surface area (Å²) in [5, 5.41) is 3.29. The standard InChI is InChI=1S/C33H40N2O4/c1-38-30-20-11-15-27(23-30)25-35(32(36)21-12-22-39-29-18-9-4-10-19-29)31(24-26-13-5-2-6-14-26)33(37)34-28-16-7-3-8-17-28/h2,4-6,9-11,13-15,18-20,23,28,31H,3,7-8,12,16-17,21-22,24-25H2,1H3,(H,34,37). The maximum absolute atomic E-state index is 13.8. The van der Waals surface area contributed by atoms with E-state index in [1.54, 1.807) is 12.0 Å². The minimum absolute atomic E-state index is 0.0609. The van der Waals surface area contributed by atoms with Gasteiger partial charge >= 0.3 is 0 Å². The zero-order valence-electron chi connectivity index (χ0n) is 22.9. The van der Waals surface area contributed by atoms with Crippen LogP contribution in [0.4, 0.5) is 0 Å². The van der Waals surface area contributed by atoms with Gasteiger partial charge in [0.1, 0.15) is 17.5 Å². The average Bonchev–Trinajstić information content (AvgIpc) is 2.98. The predicted molar refractivity (Wildman–Crippen MR) is 154 cm³/mol. The summed E-state index contributed by atoms with van der Waals surface area (Å²) >= 11 is 0. The molecule has 0 heterocycles. The van der Waals surface area contributed by atoms with Gasteiger partial charge < -0.3 is 19.7 Å². The van der Waals surface area contributed by atoms with Crippen LogP contribution in [0.25, 0.3) is 0 Å². The van der Waals surface area contributed by atoms with Crippen LogP contribution in [0.5, 0.6) is 11.5 Å². The van der Waals surface area contributed by atoms with Gasteiger partial charge in [0.25, 0.3) is 0 Å². The van der Waals surface area contributed by atoms with Crippen molar-refractivity contribution in [2.24, 2.45) is 0 Å². The smallest absolute Gasteiger partial charge is 0.243 e. The highest BCUT2D eigenvalue weighted by molar-refractivity contribution is 5.88. The maximum atomic E-state index is 13.8. The number of methoxy groups -OCH3 is 1. The molecule has 0 radical (unpaired) electrons. The van der Waals surface area contributed by atoms with E-state index in [1.165, 1.54) is 6.42 Å². The van der Waals surface area contributed by atoms with Crippen molar-refractivity contribution in [3.8, 4) is 11.5 Å². The third kappa shape index (κ3) is 8.88. The molecule has 0 bridgehead atoms. The number of para-hydroxylation sites is 1. The summed E-state index contributed by atoms with van der Waals surface area (Å²) in [5.74, 6) is 1.37. The summed E-state index contributed by atoms with van der Waals surface area (Å²) in [6, 6.07) is 26.8. The van der Waals surface area contributed by atoms with Gasteiger partial charge in [0.2, 0.25) is 11.8 Å². The second-order valence-electron chi connectivity index (χ2n) is 10.2. The number of nitrogens with zero attached hydrogens (tertiary/aromatic N) is 1. The van der Waals surface area contributed by atoms with E-state index in [2.05, 4.69) is 5.32 Å². The van der Waals surface area contributed by atoms with Crippen molar-refractivity contribution in [1.82, 2.24) is 10.2 Å². The zero-order chi connectivity index (χ0) is 27.3. The molecule has 1 fully saturated rings. The number of rotatable bonds is 13. The lowest BCUT2D eigenvalue weighted by Crippen LogP contribution is -2.52. The molecule has 1 N–H and O–H groups in total. The monoisotopic (exact) mass is 528 g/mol. The SMILES string of the molecule is COc1cccc(CN(C(=O)CCCOc2ccccc2)C(Cc2ccccc2)C(=O)NC2CCCCC2)c1. The highest BCUT2D eigenvalue weighted by Crippen LogP contribution is 2.22. The van der Waals surface area contributed by atoms with Gasteiger partial charge in [0.05, 0.1) is 13.7 Å². The van der Waals surface area contributed by atoms with E-state index in [9.17, 15) is 9.59 Å². The topological polar surface area (TPSA) is 67.9 Å². The number of hydrogen-bond acceptors (Lipinski definition) is 4. The van der Waals surface area contributed by atoms with E-state index in [1.807, 2.05) is 84.9 Å². The zero-order valence-corrected chi connectivity index (χ0v) is 22.9. The van der Waals surface area contributed by atoms with Crippen LogP contribution in [0.2, 0.25) is 0 Å². The second-order valence-corrected chi connectivity index (χ2v) is 10.2. The molecule has 1 aliphatic rings. The lowest BCUT2D eigenvalue weighted by Gasteiger charge is -2.33. The number of carbonyl (C=O) groups is 2. The van der Waals surface area contributed by atoms with E-state index < -0.39 is 6.04 Å². The van der Waals surface area contributed by atoms with Crippen LogP contribution < -0.4 is 14.8 Å². The highest BCUT2D eigenvalue weighted by atomic mass is 16.5. The van der Waals surface area contributed by atoms with Crippen molar-refractivity contribution in [3.05, 3.63) is 96.1 Å². The summed E-state index contributed by atoms with van der Waals surface area (Å²) < 4.78 is 11.2. The number of nitrogens with one attached hydrogen (secondary N) is 1. The summed E-state index contributed by atoms with van der Waals surface area (Å²) in [6.07, 6.45) is 6.75. The van der Waals surface area contributed by atoms with Crippen LogP contribution in [0, 0.1) is 0 Å². The third-order valence-corrected chi connectivity index (χ3v) is 7.26. The van der Waals surface area contributed by atoms with Crippen molar-refractivity contribution in [2.45, 2.75) is 70.0 Å². The van der Waals surface area contributed by atoms with Gasteiger partial charge in [-0.25, -0.2) is 0 Å². The first kappa shape index (κ1) is 28.2. The quantitative estimate of drug-likeness (QED) is 0.279. The molecule has 1 atom stereocenters. The molecule has 6 heteroatoms. The van der Waals surface area contributed by atoms with Gasteiger partial charge in [-0.15, -0.1) is 0 Å². The number of hydrogen-bond donors (Lipinski definition) is 1. The molecule has 39 heavy (non-hydrogen) atoms. The molecule has 0 aliphatic heterocycles. The molecular formula is C33H40N2O4. The van der Waals surface area contributed by atoms with Gasteiger partial charge in [-0.1, -0.05) is 79.9 Å². The molecule has 0 aromatic heterocycles. The Kier molecular flexibility index (Phi) is 10.8.